The first-order chi connectivity index (χ1) is 19.0. The van der Waals surface area contributed by atoms with Crippen molar-refractivity contribution in [1.29, 1.82) is 0 Å². The molecule has 0 spiro atoms. The van der Waals surface area contributed by atoms with Crippen LogP contribution in [0.25, 0.3) is 0 Å². The van der Waals surface area contributed by atoms with Crippen molar-refractivity contribution in [3.05, 3.63) is 34.5 Å². The van der Waals surface area contributed by atoms with Crippen LogP contribution in [0.4, 0.5) is 5.00 Å². The van der Waals surface area contributed by atoms with Crippen LogP contribution < -0.4 is 5.32 Å². The quantitative estimate of drug-likeness (QED) is 0.212. The van der Waals surface area contributed by atoms with Gasteiger partial charge in [-0.3, -0.25) is 4.79 Å². The first-order valence-corrected chi connectivity index (χ1v) is 16.5. The Hall–Kier alpha value is -2.13. The highest BCUT2D eigenvalue weighted by Crippen LogP contribution is 2.61. The second-order valence-corrected chi connectivity index (χ2v) is 14.4. The van der Waals surface area contributed by atoms with Crippen LogP contribution in [0.2, 0.25) is 0 Å². The van der Waals surface area contributed by atoms with Gasteiger partial charge in [-0.25, -0.2) is 4.79 Å². The standard InChI is InChI=1S/C30H40N4O3S2/c1-3-10-34-24(17-30-14-19-11-20(15-30)13-21(12-19)16-30)32-33-29(34)38-18-25(35)31-27-26(28(36)37-2)22-8-6-4-5-7-9-23(22)39-27/h3,19-21H,1,4-18H2,2H3,(H,31,35). The summed E-state index contributed by atoms with van der Waals surface area (Å²) < 4.78 is 7.26. The molecule has 7 rings (SSSR count). The molecule has 1 N–H and O–H groups in total. The molecule has 1 amide bonds. The van der Waals surface area contributed by atoms with Crippen molar-refractivity contribution in [1.82, 2.24) is 14.8 Å². The number of esters is 1. The molecule has 0 atom stereocenters. The van der Waals surface area contributed by atoms with Gasteiger partial charge in [-0.2, -0.15) is 0 Å². The number of ether oxygens (including phenoxy) is 1. The molecule has 2 heterocycles. The number of aryl methyl sites for hydroxylation is 1. The number of carbonyl (C=O) groups is 2. The molecule has 0 aliphatic heterocycles. The summed E-state index contributed by atoms with van der Waals surface area (Å²) in [6.07, 6.45) is 17.5. The van der Waals surface area contributed by atoms with Gasteiger partial charge in [0, 0.05) is 17.8 Å². The van der Waals surface area contributed by atoms with E-state index in [0.29, 0.717) is 22.5 Å². The first-order valence-electron chi connectivity index (χ1n) is 14.7. The molecular formula is C30H40N4O3S2. The summed E-state index contributed by atoms with van der Waals surface area (Å²) in [7, 11) is 1.41. The van der Waals surface area contributed by atoms with Crippen LogP contribution in [-0.4, -0.2) is 39.5 Å². The van der Waals surface area contributed by atoms with Crippen molar-refractivity contribution >= 4 is 40.0 Å². The number of hydrogen-bond donors (Lipinski definition) is 1. The van der Waals surface area contributed by atoms with Crippen molar-refractivity contribution in [2.75, 3.05) is 18.2 Å². The smallest absolute Gasteiger partial charge is 0.341 e. The molecule has 5 aliphatic rings. The Morgan fingerprint density at radius 3 is 2.46 bits per heavy atom. The molecule has 4 fully saturated rings. The van der Waals surface area contributed by atoms with Crippen LogP contribution in [0.3, 0.4) is 0 Å². The molecule has 210 valence electrons. The largest absolute Gasteiger partial charge is 0.465 e. The predicted molar refractivity (Wildman–Crippen MR) is 155 cm³/mol. The molecule has 0 aromatic carbocycles. The van der Waals surface area contributed by atoms with E-state index in [0.717, 1.165) is 66.4 Å². The van der Waals surface area contributed by atoms with E-state index in [1.54, 1.807) is 0 Å². The third kappa shape index (κ3) is 5.58. The molecule has 4 saturated carbocycles. The number of nitrogens with one attached hydrogen (secondary N) is 1. The normalized spacial score (nSPS) is 27.5. The minimum absolute atomic E-state index is 0.143. The van der Waals surface area contributed by atoms with Crippen LogP contribution >= 0.6 is 23.1 Å². The number of amides is 1. The van der Waals surface area contributed by atoms with Gasteiger partial charge in [0.2, 0.25) is 5.91 Å². The lowest BCUT2D eigenvalue weighted by atomic mass is 9.49. The van der Waals surface area contributed by atoms with Crippen LogP contribution in [-0.2, 0) is 35.3 Å². The van der Waals surface area contributed by atoms with Gasteiger partial charge in [0.25, 0.3) is 0 Å². The van der Waals surface area contributed by atoms with Crippen molar-refractivity contribution in [2.24, 2.45) is 23.2 Å². The van der Waals surface area contributed by atoms with E-state index >= 15 is 0 Å². The Balaban J connectivity index is 1.15. The number of rotatable bonds is 9. The molecule has 2 aromatic rings. The topological polar surface area (TPSA) is 86.1 Å². The molecular weight excluding hydrogens is 528 g/mol. The highest BCUT2D eigenvalue weighted by atomic mass is 32.2. The monoisotopic (exact) mass is 568 g/mol. The number of methoxy groups -OCH3 is 1. The van der Waals surface area contributed by atoms with Crippen molar-refractivity contribution in [3.63, 3.8) is 0 Å². The van der Waals surface area contributed by atoms with Crippen molar-refractivity contribution in [3.8, 4) is 0 Å². The third-order valence-electron chi connectivity index (χ3n) is 9.45. The van der Waals surface area contributed by atoms with Gasteiger partial charge in [0.15, 0.2) is 5.16 Å². The molecule has 7 nitrogen and oxygen atoms in total. The van der Waals surface area contributed by atoms with Gasteiger partial charge in [-0.05, 0) is 92.9 Å². The molecule has 2 aromatic heterocycles. The third-order valence-corrected chi connectivity index (χ3v) is 11.6. The van der Waals surface area contributed by atoms with Crippen LogP contribution in [0, 0.1) is 23.2 Å². The minimum atomic E-state index is -0.365. The summed E-state index contributed by atoms with van der Waals surface area (Å²) in [4.78, 5) is 27.0. The van der Waals surface area contributed by atoms with Crippen molar-refractivity contribution in [2.45, 2.75) is 95.2 Å². The highest BCUT2D eigenvalue weighted by Gasteiger charge is 2.51. The lowest BCUT2D eigenvalue weighted by Gasteiger charge is -2.56. The summed E-state index contributed by atoms with van der Waals surface area (Å²) in [6.45, 7) is 4.61. The molecule has 0 unspecified atom stereocenters. The maximum atomic E-state index is 13.1. The Morgan fingerprint density at radius 1 is 1.10 bits per heavy atom. The molecule has 9 heteroatoms. The van der Waals surface area contributed by atoms with Gasteiger partial charge in [0.1, 0.15) is 10.8 Å². The van der Waals surface area contributed by atoms with E-state index in [2.05, 4.69) is 26.7 Å². The number of thioether (sulfide) groups is 1. The fourth-order valence-corrected chi connectivity index (χ4v) is 10.4. The van der Waals surface area contributed by atoms with Gasteiger partial charge < -0.3 is 14.6 Å². The molecule has 4 bridgehead atoms. The van der Waals surface area contributed by atoms with E-state index < -0.39 is 0 Å². The molecule has 39 heavy (non-hydrogen) atoms. The van der Waals surface area contributed by atoms with E-state index in [-0.39, 0.29) is 17.6 Å². The number of anilines is 1. The summed E-state index contributed by atoms with van der Waals surface area (Å²) in [5.74, 6) is 3.43. The predicted octanol–water partition coefficient (Wildman–Crippen LogP) is 6.46. The van der Waals surface area contributed by atoms with Crippen LogP contribution in [0.1, 0.15) is 90.8 Å². The van der Waals surface area contributed by atoms with Gasteiger partial charge >= 0.3 is 5.97 Å². The molecule has 0 saturated heterocycles. The van der Waals surface area contributed by atoms with Gasteiger partial charge in [-0.15, -0.1) is 28.1 Å². The average molecular weight is 569 g/mol. The zero-order valence-electron chi connectivity index (χ0n) is 23.0. The van der Waals surface area contributed by atoms with Crippen molar-refractivity contribution < 1.29 is 14.3 Å². The number of fused-ring (bicyclic) bond motifs is 1. The molecule has 0 radical (unpaired) electrons. The SMILES string of the molecule is C=CCn1c(CC23CC4CC(CC(C4)C2)C3)nnc1SCC(=O)Nc1sc2c(c1C(=O)OC)CCCCCC2. The maximum Gasteiger partial charge on any atom is 0.341 e. The summed E-state index contributed by atoms with van der Waals surface area (Å²) >= 11 is 2.94. The number of thiophene rings is 1. The second kappa shape index (κ2) is 11.4. The number of hydrogen-bond acceptors (Lipinski definition) is 7. The van der Waals surface area contributed by atoms with E-state index in [1.807, 2.05) is 6.08 Å². The Kier molecular flexibility index (Phi) is 7.91. The zero-order chi connectivity index (χ0) is 27.0. The minimum Gasteiger partial charge on any atom is -0.465 e. The maximum absolute atomic E-state index is 13.1. The van der Waals surface area contributed by atoms with Gasteiger partial charge in [0.05, 0.1) is 18.4 Å². The fraction of sp³-hybridized carbons (Fsp3) is 0.667. The van der Waals surface area contributed by atoms with Gasteiger partial charge in [-0.1, -0.05) is 30.7 Å². The Labute approximate surface area is 239 Å². The van der Waals surface area contributed by atoms with E-state index in [4.69, 9.17) is 4.74 Å². The Bertz CT molecular complexity index is 1210. The summed E-state index contributed by atoms with van der Waals surface area (Å²) in [5, 5.41) is 13.6. The second-order valence-electron chi connectivity index (χ2n) is 12.3. The number of aromatic nitrogens is 3. The fourth-order valence-electron chi connectivity index (χ4n) is 8.33. The summed E-state index contributed by atoms with van der Waals surface area (Å²) in [6, 6.07) is 0. The zero-order valence-corrected chi connectivity index (χ0v) is 24.6. The van der Waals surface area contributed by atoms with Crippen LogP contribution in [0.5, 0.6) is 0 Å². The van der Waals surface area contributed by atoms with E-state index in [9.17, 15) is 9.59 Å². The lowest BCUT2D eigenvalue weighted by molar-refractivity contribution is -0.113. The Morgan fingerprint density at radius 2 is 1.79 bits per heavy atom. The lowest BCUT2D eigenvalue weighted by Crippen LogP contribution is -2.47. The molecule has 5 aliphatic carbocycles. The number of carbonyl (C=O) groups excluding carboxylic acids is 2. The average Bonchev–Trinajstić information content (AvgIpc) is 3.41. The number of nitrogens with zero attached hydrogens (tertiary/aromatic N) is 3. The van der Waals surface area contributed by atoms with E-state index in [1.165, 1.54) is 86.5 Å². The van der Waals surface area contributed by atoms with Crippen LogP contribution in [0.15, 0.2) is 17.8 Å². The first kappa shape index (κ1) is 27.1. The highest BCUT2D eigenvalue weighted by molar-refractivity contribution is 7.99. The number of allylic oxidation sites excluding steroid dienone is 1. The summed E-state index contributed by atoms with van der Waals surface area (Å²) in [5.41, 5.74) is 1.99.